The maximum atomic E-state index is 12.7. The summed E-state index contributed by atoms with van der Waals surface area (Å²) in [5.41, 5.74) is 4.19. The van der Waals surface area contributed by atoms with Gasteiger partial charge in [-0.15, -0.1) is 0 Å². The van der Waals surface area contributed by atoms with Crippen LogP contribution in [0.15, 0.2) is 115 Å². The molecule has 0 bridgehead atoms. The number of carbonyl (C=O) groups is 3. The van der Waals surface area contributed by atoms with Crippen LogP contribution in [0.1, 0.15) is 52.3 Å². The van der Waals surface area contributed by atoms with Crippen molar-refractivity contribution >= 4 is 17.9 Å². The number of aromatic nitrogens is 2. The molecule has 0 unspecified atom stereocenters. The molecule has 0 radical (unpaired) electrons. The normalized spacial score (nSPS) is 10.9. The summed E-state index contributed by atoms with van der Waals surface area (Å²) in [4.78, 5) is 45.2. The Balaban J connectivity index is 1.23. The van der Waals surface area contributed by atoms with Crippen LogP contribution in [-0.2, 0) is 51.0 Å². The van der Waals surface area contributed by atoms with Crippen molar-refractivity contribution in [1.29, 1.82) is 0 Å². The molecule has 0 aliphatic rings. The number of carbonyl (C=O) groups excluding carboxylic acids is 3. The highest BCUT2D eigenvalue weighted by Crippen LogP contribution is 2.42. The molecule has 0 fully saturated rings. The van der Waals surface area contributed by atoms with E-state index in [9.17, 15) is 14.4 Å². The lowest BCUT2D eigenvalue weighted by Gasteiger charge is -2.36. The van der Waals surface area contributed by atoms with Crippen LogP contribution in [0.5, 0.6) is 11.5 Å². The highest BCUT2D eigenvalue weighted by atomic mass is 16.5. The molecule has 0 aliphatic heterocycles. The minimum atomic E-state index is -1.00. The summed E-state index contributed by atoms with van der Waals surface area (Å²) in [5, 5.41) is 8.10. The first-order valence-corrected chi connectivity index (χ1v) is 17.1. The minimum absolute atomic E-state index is 0.0201. The average molecular weight is 718 g/mol. The third-order valence-corrected chi connectivity index (χ3v) is 8.42. The van der Waals surface area contributed by atoms with Gasteiger partial charge in [-0.3, -0.25) is 19.6 Å². The van der Waals surface area contributed by atoms with Crippen molar-refractivity contribution < 1.29 is 33.3 Å². The smallest absolute Gasteiger partial charge is 0.315 e. The Morgan fingerprint density at radius 2 is 1.08 bits per heavy atom. The van der Waals surface area contributed by atoms with Crippen molar-refractivity contribution in [3.63, 3.8) is 0 Å². The second-order valence-electron chi connectivity index (χ2n) is 11.9. The minimum Gasteiger partial charge on any atom is -0.497 e. The van der Waals surface area contributed by atoms with Gasteiger partial charge in [0.15, 0.2) is 0 Å². The fourth-order valence-electron chi connectivity index (χ4n) is 5.64. The Morgan fingerprint density at radius 1 is 0.585 bits per heavy atom. The van der Waals surface area contributed by atoms with Gasteiger partial charge in [0, 0.05) is 13.5 Å². The lowest BCUT2D eigenvalue weighted by Crippen LogP contribution is -2.35. The molecule has 3 N–H and O–H groups in total. The topological polar surface area (TPSA) is 150 Å². The lowest BCUT2D eigenvalue weighted by molar-refractivity contribution is -0.146. The van der Waals surface area contributed by atoms with Crippen LogP contribution < -0.4 is 25.4 Å². The number of hydrogen-bond acceptors (Lipinski definition) is 9. The van der Waals surface area contributed by atoms with E-state index in [0.29, 0.717) is 22.8 Å². The Bertz CT molecular complexity index is 1910. The summed E-state index contributed by atoms with van der Waals surface area (Å²) in [5.74, 6) is 0.735. The first kappa shape index (κ1) is 38.0. The lowest BCUT2D eigenvalue weighted by atomic mass is 9.80. The van der Waals surface area contributed by atoms with E-state index in [-0.39, 0.29) is 45.1 Å². The van der Waals surface area contributed by atoms with Gasteiger partial charge >= 0.3 is 12.0 Å². The summed E-state index contributed by atoms with van der Waals surface area (Å²) in [6, 6.07) is 36.1. The number of urea groups is 1. The largest absolute Gasteiger partial charge is 0.497 e. The van der Waals surface area contributed by atoms with E-state index in [2.05, 4.69) is 20.9 Å². The number of nitrogens with zero attached hydrogens (tertiary/aromatic N) is 2. The molecule has 0 atom stereocenters. The molecule has 0 spiro atoms. The Labute approximate surface area is 308 Å². The monoisotopic (exact) mass is 717 g/mol. The summed E-state index contributed by atoms with van der Waals surface area (Å²) >= 11 is 0. The molecular formula is C41H43N5O7. The number of nitrogens with one attached hydrogen (secondary N) is 3. The zero-order chi connectivity index (χ0) is 37.5. The molecule has 5 aromatic rings. The summed E-state index contributed by atoms with van der Waals surface area (Å²) < 4.78 is 23.1. The number of amides is 3. The van der Waals surface area contributed by atoms with Crippen LogP contribution in [0.2, 0.25) is 0 Å². The average Bonchev–Trinajstić information content (AvgIpc) is 3.21. The van der Waals surface area contributed by atoms with Crippen LogP contribution in [0.25, 0.3) is 0 Å². The van der Waals surface area contributed by atoms with Gasteiger partial charge in [-0.05, 0) is 65.2 Å². The maximum absolute atomic E-state index is 12.7. The van der Waals surface area contributed by atoms with Gasteiger partial charge in [-0.1, -0.05) is 66.7 Å². The number of methoxy groups -OCH3 is 2. The highest BCUT2D eigenvalue weighted by molar-refractivity contribution is 5.81. The van der Waals surface area contributed by atoms with Crippen molar-refractivity contribution in [2.75, 3.05) is 21.3 Å². The summed E-state index contributed by atoms with van der Waals surface area (Å²) in [6.07, 6.45) is 0.0350. The molecule has 5 rings (SSSR count). The molecule has 12 heteroatoms. The second-order valence-corrected chi connectivity index (χ2v) is 11.9. The second kappa shape index (κ2) is 18.8. The van der Waals surface area contributed by atoms with E-state index in [0.717, 1.165) is 28.2 Å². The number of rotatable bonds is 17. The number of hydrogen-bond donors (Lipinski definition) is 3. The van der Waals surface area contributed by atoms with Gasteiger partial charge in [0.25, 0.3) is 0 Å². The summed E-state index contributed by atoms with van der Waals surface area (Å²) in [7, 11) is 4.78. The van der Waals surface area contributed by atoms with Crippen molar-refractivity contribution in [1.82, 2.24) is 25.9 Å². The third-order valence-electron chi connectivity index (χ3n) is 8.42. The van der Waals surface area contributed by atoms with Crippen LogP contribution in [0.4, 0.5) is 4.79 Å². The molecule has 2 aromatic heterocycles. The van der Waals surface area contributed by atoms with Crippen LogP contribution in [-0.4, -0.2) is 49.1 Å². The summed E-state index contributed by atoms with van der Waals surface area (Å²) in [6.45, 7) is 0.465. The van der Waals surface area contributed by atoms with E-state index in [1.165, 1.54) is 7.05 Å². The standard InChI is InChI=1S/C41H43N5O7/c1-42-38(47)23-24-39(48)52-27-34-13-7-11-32(45-34)25-43-40(49)44-26-33-12-8-14-35(46-33)28-53-41(29-9-5-4-6-10-29,30-15-19-36(50-2)20-16-30)31-17-21-37(51-3)22-18-31/h4-22H,23-28H2,1-3H3,(H,42,47)(H2,43,44,49). The van der Waals surface area contributed by atoms with Crippen LogP contribution in [0, 0.1) is 0 Å². The fourth-order valence-corrected chi connectivity index (χ4v) is 5.64. The van der Waals surface area contributed by atoms with Gasteiger partial charge in [0.2, 0.25) is 5.91 Å². The fraction of sp³-hybridized carbons (Fsp3) is 0.244. The van der Waals surface area contributed by atoms with Gasteiger partial charge in [0.05, 0.1) is 63.1 Å². The highest BCUT2D eigenvalue weighted by Gasteiger charge is 2.38. The number of benzene rings is 3. The molecule has 2 heterocycles. The number of esters is 1. The Hall–Kier alpha value is -6.27. The van der Waals surface area contributed by atoms with E-state index < -0.39 is 17.6 Å². The van der Waals surface area contributed by atoms with Crippen molar-refractivity contribution in [3.05, 3.63) is 155 Å². The third kappa shape index (κ3) is 10.4. The van der Waals surface area contributed by atoms with Gasteiger partial charge < -0.3 is 34.9 Å². The predicted octanol–water partition coefficient (Wildman–Crippen LogP) is 5.57. The van der Waals surface area contributed by atoms with E-state index in [4.69, 9.17) is 23.9 Å². The first-order chi connectivity index (χ1) is 25.8. The zero-order valence-electron chi connectivity index (χ0n) is 30.0. The molecule has 12 nitrogen and oxygen atoms in total. The molecular weight excluding hydrogens is 674 g/mol. The molecule has 274 valence electrons. The predicted molar refractivity (Wildman–Crippen MR) is 198 cm³/mol. The SMILES string of the molecule is CNC(=O)CCC(=O)OCc1cccc(CNC(=O)NCc2cccc(COC(c3ccccc3)(c3ccc(OC)cc3)c3ccc(OC)cc3)n2)n1. The molecule has 53 heavy (non-hydrogen) atoms. The molecule has 3 aromatic carbocycles. The molecule has 3 amide bonds. The first-order valence-electron chi connectivity index (χ1n) is 17.1. The van der Waals surface area contributed by atoms with E-state index in [1.807, 2.05) is 97.1 Å². The van der Waals surface area contributed by atoms with Gasteiger partial charge in [-0.2, -0.15) is 0 Å². The van der Waals surface area contributed by atoms with Crippen molar-refractivity contribution in [3.8, 4) is 11.5 Å². The molecule has 0 aliphatic carbocycles. The number of pyridine rings is 2. The van der Waals surface area contributed by atoms with Crippen molar-refractivity contribution in [2.24, 2.45) is 0 Å². The molecule has 0 saturated carbocycles. The van der Waals surface area contributed by atoms with Crippen LogP contribution in [0.3, 0.4) is 0 Å². The van der Waals surface area contributed by atoms with Crippen LogP contribution >= 0.6 is 0 Å². The Kier molecular flexibility index (Phi) is 13.5. The van der Waals surface area contributed by atoms with E-state index in [1.54, 1.807) is 32.4 Å². The number of ether oxygens (including phenoxy) is 4. The van der Waals surface area contributed by atoms with Gasteiger partial charge in [0.1, 0.15) is 23.7 Å². The quantitative estimate of drug-likeness (QED) is 0.0829. The van der Waals surface area contributed by atoms with Gasteiger partial charge in [-0.25, -0.2) is 4.79 Å². The Morgan fingerprint density at radius 3 is 1.58 bits per heavy atom. The maximum Gasteiger partial charge on any atom is 0.315 e. The van der Waals surface area contributed by atoms with Crippen molar-refractivity contribution in [2.45, 2.75) is 44.7 Å². The van der Waals surface area contributed by atoms with E-state index >= 15 is 0 Å². The molecule has 0 saturated heterocycles. The zero-order valence-corrected chi connectivity index (χ0v) is 30.0.